The summed E-state index contributed by atoms with van der Waals surface area (Å²) in [6.07, 6.45) is 4.32. The number of aromatic nitrogens is 2. The fourth-order valence-corrected chi connectivity index (χ4v) is 3.93. The van der Waals surface area contributed by atoms with Crippen molar-refractivity contribution in [1.29, 1.82) is 0 Å². The van der Waals surface area contributed by atoms with Gasteiger partial charge in [0.2, 0.25) is 5.91 Å². The third-order valence-corrected chi connectivity index (χ3v) is 5.77. The third-order valence-electron chi connectivity index (χ3n) is 5.77. The molecule has 2 aliphatic heterocycles. The summed E-state index contributed by atoms with van der Waals surface area (Å²) in [6, 6.07) is 7.65. The minimum absolute atomic E-state index is 0.0112. The largest absolute Gasteiger partial charge is 0.484 e. The van der Waals surface area contributed by atoms with Crippen molar-refractivity contribution < 1.29 is 14.3 Å². The summed E-state index contributed by atoms with van der Waals surface area (Å²) in [5.74, 6) is 2.11. The van der Waals surface area contributed by atoms with Gasteiger partial charge in [-0.25, -0.2) is 0 Å². The van der Waals surface area contributed by atoms with Crippen molar-refractivity contribution in [2.24, 2.45) is 13.0 Å². The van der Waals surface area contributed by atoms with Gasteiger partial charge in [-0.15, -0.1) is 0 Å². The Kier molecular flexibility index (Phi) is 5.07. The first-order chi connectivity index (χ1) is 13.5. The maximum absolute atomic E-state index is 12.3. The highest BCUT2D eigenvalue weighted by Gasteiger charge is 2.29. The highest BCUT2D eigenvalue weighted by molar-refractivity contribution is 5.94. The van der Waals surface area contributed by atoms with Crippen molar-refractivity contribution in [2.75, 3.05) is 25.0 Å². The van der Waals surface area contributed by atoms with Crippen LogP contribution in [0.25, 0.3) is 0 Å². The molecule has 2 aromatic rings. The van der Waals surface area contributed by atoms with Crippen molar-refractivity contribution in [3.63, 3.8) is 0 Å². The summed E-state index contributed by atoms with van der Waals surface area (Å²) in [7, 11) is 1.82. The Morgan fingerprint density at radius 1 is 1.25 bits per heavy atom. The fraction of sp³-hybridized carbons (Fsp3) is 0.476. The second kappa shape index (κ2) is 7.66. The lowest BCUT2D eigenvalue weighted by molar-refractivity contribution is -0.134. The van der Waals surface area contributed by atoms with E-state index in [1.54, 1.807) is 4.68 Å². The number of benzene rings is 1. The van der Waals surface area contributed by atoms with Gasteiger partial charge in [-0.1, -0.05) is 19.1 Å². The fourth-order valence-electron chi connectivity index (χ4n) is 3.93. The Labute approximate surface area is 164 Å². The summed E-state index contributed by atoms with van der Waals surface area (Å²) in [4.78, 5) is 26.3. The van der Waals surface area contributed by atoms with Crippen LogP contribution in [0.5, 0.6) is 5.75 Å². The van der Waals surface area contributed by atoms with Crippen LogP contribution >= 0.6 is 0 Å². The smallest absolute Gasteiger partial charge is 0.260 e. The number of nitrogens with zero attached hydrogens (tertiary/aromatic N) is 3. The summed E-state index contributed by atoms with van der Waals surface area (Å²) < 4.78 is 7.38. The van der Waals surface area contributed by atoms with Gasteiger partial charge in [0, 0.05) is 38.0 Å². The summed E-state index contributed by atoms with van der Waals surface area (Å²) in [5.41, 5.74) is 2.05. The number of amides is 2. The van der Waals surface area contributed by atoms with Crippen LogP contribution in [-0.4, -0.2) is 46.2 Å². The van der Waals surface area contributed by atoms with Gasteiger partial charge < -0.3 is 15.0 Å². The number of rotatable bonds is 4. The van der Waals surface area contributed by atoms with Gasteiger partial charge in [0.1, 0.15) is 11.6 Å². The van der Waals surface area contributed by atoms with E-state index in [9.17, 15) is 9.59 Å². The molecular weight excluding hydrogens is 356 g/mol. The number of hydrogen-bond acceptors (Lipinski definition) is 4. The zero-order valence-electron chi connectivity index (χ0n) is 16.4. The van der Waals surface area contributed by atoms with E-state index in [2.05, 4.69) is 17.3 Å². The molecule has 28 heavy (non-hydrogen) atoms. The molecule has 0 radical (unpaired) electrons. The second-order valence-electron chi connectivity index (χ2n) is 7.80. The van der Waals surface area contributed by atoms with E-state index in [0.717, 1.165) is 42.9 Å². The molecule has 0 spiro atoms. The van der Waals surface area contributed by atoms with Crippen LogP contribution in [0, 0.1) is 5.92 Å². The molecule has 7 nitrogen and oxygen atoms in total. The van der Waals surface area contributed by atoms with E-state index >= 15 is 0 Å². The molecule has 1 aromatic heterocycles. The van der Waals surface area contributed by atoms with Crippen molar-refractivity contribution in [3.8, 4) is 5.75 Å². The molecule has 1 N–H and O–H groups in total. The van der Waals surface area contributed by atoms with E-state index in [4.69, 9.17) is 4.74 Å². The standard InChI is InChI=1S/C21H26N4O3/c1-14-7-9-25(10-8-14)20(27)13-28-16-5-3-15(4-6-16)17-11-19(26)23-21-18(17)12-22-24(21)2/h3-6,12,14,17H,7-11,13H2,1-2H3,(H,23,26). The highest BCUT2D eigenvalue weighted by atomic mass is 16.5. The van der Waals surface area contributed by atoms with Crippen molar-refractivity contribution in [1.82, 2.24) is 14.7 Å². The van der Waals surface area contributed by atoms with Crippen molar-refractivity contribution >= 4 is 17.6 Å². The minimum atomic E-state index is -0.0246. The topological polar surface area (TPSA) is 76.5 Å². The first kappa shape index (κ1) is 18.5. The number of anilines is 1. The van der Waals surface area contributed by atoms with Crippen LogP contribution in [0.2, 0.25) is 0 Å². The molecule has 1 atom stereocenters. The molecule has 0 bridgehead atoms. The predicted octanol–water partition coefficient (Wildman–Crippen LogP) is 2.53. The Balaban J connectivity index is 1.39. The van der Waals surface area contributed by atoms with Crippen molar-refractivity contribution in [3.05, 3.63) is 41.6 Å². The van der Waals surface area contributed by atoms with Crippen LogP contribution in [0.15, 0.2) is 30.5 Å². The Hall–Kier alpha value is -2.83. The number of hydrogen-bond donors (Lipinski definition) is 1. The maximum atomic E-state index is 12.3. The molecule has 1 aromatic carbocycles. The van der Waals surface area contributed by atoms with Gasteiger partial charge in [0.25, 0.3) is 5.91 Å². The minimum Gasteiger partial charge on any atom is -0.484 e. The molecule has 0 saturated carbocycles. The third kappa shape index (κ3) is 3.74. The summed E-state index contributed by atoms with van der Waals surface area (Å²) >= 11 is 0. The van der Waals surface area contributed by atoms with Crippen LogP contribution in [0.4, 0.5) is 5.82 Å². The lowest BCUT2D eigenvalue weighted by atomic mass is 9.87. The molecule has 7 heteroatoms. The normalized spacial score (nSPS) is 19.9. The van der Waals surface area contributed by atoms with E-state index in [1.165, 1.54) is 0 Å². The molecule has 1 saturated heterocycles. The SMILES string of the molecule is CC1CCN(C(=O)COc2ccc(C3CC(=O)Nc4c3cnn4C)cc2)CC1. The number of piperidine rings is 1. The Morgan fingerprint density at radius 3 is 2.68 bits per heavy atom. The molecule has 0 aliphatic carbocycles. The molecular formula is C21H26N4O3. The number of aryl methyl sites for hydroxylation is 1. The van der Waals surface area contributed by atoms with E-state index in [0.29, 0.717) is 18.1 Å². The molecule has 4 rings (SSSR count). The number of nitrogens with one attached hydrogen (secondary N) is 1. The quantitative estimate of drug-likeness (QED) is 0.882. The second-order valence-corrected chi connectivity index (χ2v) is 7.80. The average molecular weight is 382 g/mol. The van der Waals surface area contributed by atoms with Gasteiger partial charge in [0.05, 0.1) is 6.20 Å². The monoisotopic (exact) mass is 382 g/mol. The number of likely N-dealkylation sites (tertiary alicyclic amines) is 1. The number of fused-ring (bicyclic) bond motifs is 1. The zero-order chi connectivity index (χ0) is 19.7. The van der Waals surface area contributed by atoms with Crippen molar-refractivity contribution in [2.45, 2.75) is 32.1 Å². The van der Waals surface area contributed by atoms with E-state index < -0.39 is 0 Å². The molecule has 1 unspecified atom stereocenters. The summed E-state index contributed by atoms with van der Waals surface area (Å²) in [6.45, 7) is 3.93. The average Bonchev–Trinajstić information content (AvgIpc) is 3.07. The lowest BCUT2D eigenvalue weighted by Gasteiger charge is -2.30. The molecule has 148 valence electrons. The number of carbonyl (C=O) groups is 2. The maximum Gasteiger partial charge on any atom is 0.260 e. The number of carbonyl (C=O) groups excluding carboxylic acids is 2. The summed E-state index contributed by atoms with van der Waals surface area (Å²) in [5, 5.41) is 7.14. The van der Waals surface area contributed by atoms with Crippen LogP contribution in [-0.2, 0) is 16.6 Å². The first-order valence-corrected chi connectivity index (χ1v) is 9.83. The zero-order valence-corrected chi connectivity index (χ0v) is 16.4. The highest BCUT2D eigenvalue weighted by Crippen LogP contribution is 2.37. The van der Waals surface area contributed by atoms with E-state index in [1.807, 2.05) is 42.4 Å². The molecule has 2 aliphatic rings. The van der Waals surface area contributed by atoms with Crippen LogP contribution in [0.1, 0.15) is 43.2 Å². The van der Waals surface area contributed by atoms with Gasteiger partial charge in [-0.3, -0.25) is 14.3 Å². The number of ether oxygens (including phenoxy) is 1. The van der Waals surface area contributed by atoms with Gasteiger partial charge >= 0.3 is 0 Å². The van der Waals surface area contributed by atoms with E-state index in [-0.39, 0.29) is 24.3 Å². The van der Waals surface area contributed by atoms with Crippen LogP contribution in [0.3, 0.4) is 0 Å². The lowest BCUT2D eigenvalue weighted by Crippen LogP contribution is -2.40. The van der Waals surface area contributed by atoms with Gasteiger partial charge in [0.15, 0.2) is 6.61 Å². The van der Waals surface area contributed by atoms with Gasteiger partial charge in [-0.05, 0) is 36.5 Å². The molecule has 3 heterocycles. The molecule has 2 amide bonds. The predicted molar refractivity (Wildman–Crippen MR) is 105 cm³/mol. The van der Waals surface area contributed by atoms with Crippen LogP contribution < -0.4 is 10.1 Å². The Bertz CT molecular complexity index is 866. The molecule has 1 fully saturated rings. The van der Waals surface area contributed by atoms with Gasteiger partial charge in [-0.2, -0.15) is 5.10 Å². The first-order valence-electron chi connectivity index (χ1n) is 9.83. The Morgan fingerprint density at radius 2 is 1.96 bits per heavy atom.